The number of anilines is 1. The lowest BCUT2D eigenvalue weighted by molar-refractivity contribution is -0.133. The van der Waals surface area contributed by atoms with E-state index in [1.54, 1.807) is 6.07 Å². The van der Waals surface area contributed by atoms with Crippen molar-refractivity contribution in [3.8, 4) is 0 Å². The van der Waals surface area contributed by atoms with Crippen LogP contribution in [0.3, 0.4) is 0 Å². The monoisotopic (exact) mass is 410 g/mol. The van der Waals surface area contributed by atoms with Gasteiger partial charge in [-0.25, -0.2) is 4.39 Å². The zero-order valence-corrected chi connectivity index (χ0v) is 17.8. The molecule has 30 heavy (non-hydrogen) atoms. The Bertz CT molecular complexity index is 858. The van der Waals surface area contributed by atoms with E-state index < -0.39 is 0 Å². The van der Waals surface area contributed by atoms with Crippen molar-refractivity contribution in [2.45, 2.75) is 13.5 Å². The zero-order chi connectivity index (χ0) is 20.9. The molecule has 0 radical (unpaired) electrons. The SMILES string of the molecule is Cc1ccccc1CN1CCN(CC(=O)N2CCN(c3ccccc3F)CC2)CC1. The predicted octanol–water partition coefficient (Wildman–Crippen LogP) is 2.60. The fraction of sp³-hybridized carbons (Fsp3) is 0.458. The lowest BCUT2D eigenvalue weighted by atomic mass is 10.1. The summed E-state index contributed by atoms with van der Waals surface area (Å²) in [5.41, 5.74) is 3.36. The molecule has 160 valence electrons. The molecule has 2 fully saturated rings. The van der Waals surface area contributed by atoms with E-state index in [-0.39, 0.29) is 11.7 Å². The lowest BCUT2D eigenvalue weighted by Gasteiger charge is -2.38. The fourth-order valence-electron chi connectivity index (χ4n) is 4.33. The summed E-state index contributed by atoms with van der Waals surface area (Å²) in [6, 6.07) is 15.4. The Kier molecular flexibility index (Phi) is 6.65. The van der Waals surface area contributed by atoms with Crippen LogP contribution < -0.4 is 4.90 Å². The molecule has 2 heterocycles. The fourth-order valence-corrected chi connectivity index (χ4v) is 4.33. The number of aryl methyl sites for hydroxylation is 1. The first-order valence-corrected chi connectivity index (χ1v) is 10.9. The maximum absolute atomic E-state index is 14.0. The van der Waals surface area contributed by atoms with Gasteiger partial charge in [-0.3, -0.25) is 14.6 Å². The zero-order valence-electron chi connectivity index (χ0n) is 17.8. The molecule has 0 unspecified atom stereocenters. The standard InChI is InChI=1S/C24H31FN4O/c1-20-6-2-3-7-21(20)18-26-10-12-27(13-11-26)19-24(30)29-16-14-28(15-17-29)23-9-5-4-8-22(23)25/h2-9H,10-19H2,1H3. The quantitative estimate of drug-likeness (QED) is 0.758. The number of rotatable bonds is 5. The molecule has 2 saturated heterocycles. The second kappa shape index (κ2) is 9.58. The highest BCUT2D eigenvalue weighted by atomic mass is 19.1. The van der Waals surface area contributed by atoms with E-state index in [1.807, 2.05) is 21.9 Å². The summed E-state index contributed by atoms with van der Waals surface area (Å²) in [6.45, 7) is 10.1. The number of amides is 1. The van der Waals surface area contributed by atoms with Gasteiger partial charge in [0, 0.05) is 58.9 Å². The Morgan fingerprint density at radius 3 is 2.17 bits per heavy atom. The first kappa shape index (κ1) is 20.8. The van der Waals surface area contributed by atoms with Gasteiger partial charge in [-0.15, -0.1) is 0 Å². The van der Waals surface area contributed by atoms with Gasteiger partial charge in [-0.2, -0.15) is 0 Å². The van der Waals surface area contributed by atoms with Crippen LogP contribution in [-0.2, 0) is 11.3 Å². The van der Waals surface area contributed by atoms with Crippen molar-refractivity contribution >= 4 is 11.6 Å². The predicted molar refractivity (Wildman–Crippen MR) is 118 cm³/mol. The van der Waals surface area contributed by atoms with E-state index in [0.717, 1.165) is 32.7 Å². The molecule has 2 aromatic carbocycles. The van der Waals surface area contributed by atoms with Crippen molar-refractivity contribution in [2.75, 3.05) is 63.8 Å². The second-order valence-electron chi connectivity index (χ2n) is 8.30. The molecule has 0 spiro atoms. The first-order valence-electron chi connectivity index (χ1n) is 10.9. The van der Waals surface area contributed by atoms with Gasteiger partial charge in [0.05, 0.1) is 12.2 Å². The van der Waals surface area contributed by atoms with E-state index >= 15 is 0 Å². The van der Waals surface area contributed by atoms with Crippen LogP contribution in [0.15, 0.2) is 48.5 Å². The number of benzene rings is 2. The van der Waals surface area contributed by atoms with Crippen LogP contribution in [0.5, 0.6) is 0 Å². The second-order valence-corrected chi connectivity index (χ2v) is 8.30. The number of piperazine rings is 2. The van der Waals surface area contributed by atoms with Crippen LogP contribution in [0.25, 0.3) is 0 Å². The number of halogens is 1. The van der Waals surface area contributed by atoms with Crippen LogP contribution in [0.4, 0.5) is 10.1 Å². The molecular weight excluding hydrogens is 379 g/mol. The van der Waals surface area contributed by atoms with Crippen LogP contribution >= 0.6 is 0 Å². The molecule has 0 aromatic heterocycles. The minimum absolute atomic E-state index is 0.190. The summed E-state index contributed by atoms with van der Waals surface area (Å²) >= 11 is 0. The van der Waals surface area contributed by atoms with Crippen molar-refractivity contribution in [1.82, 2.24) is 14.7 Å². The molecule has 2 aliphatic rings. The van der Waals surface area contributed by atoms with Gasteiger partial charge < -0.3 is 9.80 Å². The maximum Gasteiger partial charge on any atom is 0.236 e. The smallest absolute Gasteiger partial charge is 0.236 e. The Labute approximate surface area is 178 Å². The molecule has 0 saturated carbocycles. The number of hydrogen-bond donors (Lipinski definition) is 0. The highest BCUT2D eigenvalue weighted by molar-refractivity contribution is 5.78. The summed E-state index contributed by atoms with van der Waals surface area (Å²) in [5, 5.41) is 0. The molecule has 5 nitrogen and oxygen atoms in total. The largest absolute Gasteiger partial charge is 0.366 e. The topological polar surface area (TPSA) is 30.0 Å². The molecule has 0 atom stereocenters. The Morgan fingerprint density at radius 1 is 0.833 bits per heavy atom. The Balaban J connectivity index is 1.21. The highest BCUT2D eigenvalue weighted by Crippen LogP contribution is 2.20. The van der Waals surface area contributed by atoms with E-state index in [0.29, 0.717) is 38.4 Å². The minimum atomic E-state index is -0.194. The summed E-state index contributed by atoms with van der Waals surface area (Å²) in [7, 11) is 0. The van der Waals surface area contributed by atoms with Gasteiger partial charge in [-0.05, 0) is 30.2 Å². The number of nitrogens with zero attached hydrogens (tertiary/aromatic N) is 4. The summed E-state index contributed by atoms with van der Waals surface area (Å²) in [4.78, 5) is 21.5. The molecule has 4 rings (SSSR count). The number of carbonyl (C=O) groups excluding carboxylic acids is 1. The molecule has 0 bridgehead atoms. The highest BCUT2D eigenvalue weighted by Gasteiger charge is 2.25. The van der Waals surface area contributed by atoms with Gasteiger partial charge in [0.25, 0.3) is 0 Å². The third-order valence-electron chi connectivity index (χ3n) is 6.30. The molecular formula is C24H31FN4O. The van der Waals surface area contributed by atoms with Crippen LogP contribution in [-0.4, -0.2) is 79.5 Å². The number of hydrogen-bond acceptors (Lipinski definition) is 4. The van der Waals surface area contributed by atoms with Gasteiger partial charge >= 0.3 is 0 Å². The lowest BCUT2D eigenvalue weighted by Crippen LogP contribution is -2.53. The molecule has 6 heteroatoms. The average molecular weight is 411 g/mol. The molecule has 0 N–H and O–H groups in total. The molecule has 2 aromatic rings. The van der Waals surface area contributed by atoms with E-state index in [4.69, 9.17) is 0 Å². The molecule has 2 aliphatic heterocycles. The molecule has 1 amide bonds. The van der Waals surface area contributed by atoms with Gasteiger partial charge in [0.15, 0.2) is 0 Å². The van der Waals surface area contributed by atoms with E-state index in [9.17, 15) is 9.18 Å². The Morgan fingerprint density at radius 2 is 1.47 bits per heavy atom. The summed E-state index contributed by atoms with van der Waals surface area (Å²) < 4.78 is 14.0. The van der Waals surface area contributed by atoms with Crippen molar-refractivity contribution in [1.29, 1.82) is 0 Å². The van der Waals surface area contributed by atoms with Crippen molar-refractivity contribution in [3.63, 3.8) is 0 Å². The summed E-state index contributed by atoms with van der Waals surface area (Å²) in [6.07, 6.45) is 0. The number of para-hydroxylation sites is 1. The van der Waals surface area contributed by atoms with E-state index in [2.05, 4.69) is 41.0 Å². The van der Waals surface area contributed by atoms with Crippen molar-refractivity contribution in [2.24, 2.45) is 0 Å². The normalized spacial score (nSPS) is 18.6. The van der Waals surface area contributed by atoms with Crippen LogP contribution in [0.1, 0.15) is 11.1 Å². The summed E-state index contributed by atoms with van der Waals surface area (Å²) in [5.74, 6) is -0.00335. The molecule has 0 aliphatic carbocycles. The van der Waals surface area contributed by atoms with Gasteiger partial charge in [-0.1, -0.05) is 36.4 Å². The van der Waals surface area contributed by atoms with Crippen molar-refractivity contribution < 1.29 is 9.18 Å². The van der Waals surface area contributed by atoms with Gasteiger partial charge in [0.1, 0.15) is 5.82 Å². The third-order valence-corrected chi connectivity index (χ3v) is 6.30. The van der Waals surface area contributed by atoms with Gasteiger partial charge in [0.2, 0.25) is 5.91 Å². The maximum atomic E-state index is 14.0. The van der Waals surface area contributed by atoms with Crippen LogP contribution in [0.2, 0.25) is 0 Å². The average Bonchev–Trinajstić information content (AvgIpc) is 2.77. The van der Waals surface area contributed by atoms with Crippen molar-refractivity contribution in [3.05, 3.63) is 65.5 Å². The Hall–Kier alpha value is -2.44. The van der Waals surface area contributed by atoms with E-state index in [1.165, 1.54) is 17.2 Å². The first-order chi connectivity index (χ1) is 14.6. The third kappa shape index (κ3) is 4.99. The van der Waals surface area contributed by atoms with Crippen LogP contribution in [0, 0.1) is 12.7 Å². The minimum Gasteiger partial charge on any atom is -0.366 e. The number of carbonyl (C=O) groups is 1.